The van der Waals surface area contributed by atoms with Crippen molar-refractivity contribution in [1.29, 1.82) is 0 Å². The Balaban J connectivity index is 1.79. The second kappa shape index (κ2) is 8.97. The Morgan fingerprint density at radius 2 is 1.73 bits per heavy atom. The van der Waals surface area contributed by atoms with E-state index >= 15 is 0 Å². The quantitative estimate of drug-likeness (QED) is 0.737. The number of sulfone groups is 1. The van der Waals surface area contributed by atoms with Gasteiger partial charge < -0.3 is 10.2 Å². The average Bonchev–Trinajstić information content (AvgIpc) is 2.65. The molecule has 0 spiro atoms. The number of carbonyl (C=O) groups excluding carboxylic acids is 1. The molecule has 1 aliphatic rings. The van der Waals surface area contributed by atoms with E-state index in [1.165, 1.54) is 0 Å². The minimum Gasteiger partial charge on any atom is -0.354 e. The van der Waals surface area contributed by atoms with Gasteiger partial charge in [-0.05, 0) is 32.5 Å². The van der Waals surface area contributed by atoms with Crippen LogP contribution in [0.5, 0.6) is 0 Å². The molecule has 1 fully saturated rings. The second-order valence-electron chi connectivity index (χ2n) is 7.39. The van der Waals surface area contributed by atoms with Crippen molar-refractivity contribution in [3.8, 4) is 0 Å². The van der Waals surface area contributed by atoms with Gasteiger partial charge in [0.2, 0.25) is 5.91 Å². The van der Waals surface area contributed by atoms with Crippen LogP contribution in [0.25, 0.3) is 0 Å². The molecule has 0 bridgehead atoms. The SMILES string of the molecule is CCN1CCN(C(C)(C)CNC(=O)CCS(=O)(=O)c2ccccc2)CC1. The van der Waals surface area contributed by atoms with Gasteiger partial charge >= 0.3 is 0 Å². The predicted octanol–water partition coefficient (Wildman–Crippen LogP) is 1.38. The minimum absolute atomic E-state index is 0.0169. The number of nitrogens with one attached hydrogen (secondary N) is 1. The van der Waals surface area contributed by atoms with Crippen molar-refractivity contribution in [1.82, 2.24) is 15.1 Å². The molecule has 0 unspecified atom stereocenters. The van der Waals surface area contributed by atoms with Gasteiger partial charge in [0, 0.05) is 44.7 Å². The molecule has 0 aliphatic carbocycles. The molecular formula is C19H31N3O3S. The molecule has 1 aromatic rings. The highest BCUT2D eigenvalue weighted by atomic mass is 32.2. The Hall–Kier alpha value is -1.44. The molecule has 7 heteroatoms. The lowest BCUT2D eigenvalue weighted by Crippen LogP contribution is -2.58. The number of likely N-dealkylation sites (N-methyl/N-ethyl adjacent to an activating group) is 1. The Kier molecular flexibility index (Phi) is 7.20. The summed E-state index contributed by atoms with van der Waals surface area (Å²) in [6.07, 6.45) is -0.0169. The van der Waals surface area contributed by atoms with Gasteiger partial charge in [0.15, 0.2) is 9.84 Å². The number of amides is 1. The van der Waals surface area contributed by atoms with Gasteiger partial charge in [-0.2, -0.15) is 0 Å². The standard InChI is InChI=1S/C19H31N3O3S/c1-4-21-11-13-22(14-12-21)19(2,3)16-20-18(23)10-15-26(24,25)17-8-6-5-7-9-17/h5-9H,4,10-16H2,1-3H3,(H,20,23). The van der Waals surface area contributed by atoms with E-state index in [2.05, 4.69) is 35.9 Å². The number of carbonyl (C=O) groups is 1. The van der Waals surface area contributed by atoms with Crippen LogP contribution in [0.4, 0.5) is 0 Å². The van der Waals surface area contributed by atoms with Crippen LogP contribution < -0.4 is 5.32 Å². The fourth-order valence-electron chi connectivity index (χ4n) is 3.16. The summed E-state index contributed by atoms with van der Waals surface area (Å²) in [4.78, 5) is 17.2. The fraction of sp³-hybridized carbons (Fsp3) is 0.632. The molecule has 1 aromatic carbocycles. The summed E-state index contributed by atoms with van der Waals surface area (Å²) in [5.74, 6) is -0.386. The van der Waals surface area contributed by atoms with Gasteiger partial charge in [-0.25, -0.2) is 8.42 Å². The topological polar surface area (TPSA) is 69.7 Å². The molecule has 1 N–H and O–H groups in total. The summed E-state index contributed by atoms with van der Waals surface area (Å²) in [6.45, 7) is 12.1. The highest BCUT2D eigenvalue weighted by Crippen LogP contribution is 2.16. The summed E-state index contributed by atoms with van der Waals surface area (Å²) in [6, 6.07) is 8.27. The predicted molar refractivity (Wildman–Crippen MR) is 104 cm³/mol. The maximum Gasteiger partial charge on any atom is 0.221 e. The Morgan fingerprint density at radius 3 is 2.31 bits per heavy atom. The number of hydrogen-bond acceptors (Lipinski definition) is 5. The van der Waals surface area contributed by atoms with Crippen molar-refractivity contribution in [3.05, 3.63) is 30.3 Å². The first-order valence-corrected chi connectivity index (χ1v) is 10.9. The van der Waals surface area contributed by atoms with Crippen LogP contribution >= 0.6 is 0 Å². The van der Waals surface area contributed by atoms with Crippen LogP contribution in [0, 0.1) is 0 Å². The van der Waals surface area contributed by atoms with Gasteiger partial charge in [-0.1, -0.05) is 25.1 Å². The van der Waals surface area contributed by atoms with Gasteiger partial charge in [0.1, 0.15) is 0 Å². The van der Waals surface area contributed by atoms with E-state index in [4.69, 9.17) is 0 Å². The van der Waals surface area contributed by atoms with Crippen LogP contribution in [0.15, 0.2) is 35.2 Å². The molecule has 0 radical (unpaired) electrons. The first kappa shape index (κ1) is 20.9. The monoisotopic (exact) mass is 381 g/mol. The number of piperazine rings is 1. The van der Waals surface area contributed by atoms with E-state index in [9.17, 15) is 13.2 Å². The molecule has 26 heavy (non-hydrogen) atoms. The molecule has 1 aliphatic heterocycles. The van der Waals surface area contributed by atoms with Crippen molar-refractivity contribution in [3.63, 3.8) is 0 Å². The number of nitrogens with zero attached hydrogens (tertiary/aromatic N) is 2. The number of benzene rings is 1. The fourth-order valence-corrected chi connectivity index (χ4v) is 4.42. The van der Waals surface area contributed by atoms with Crippen LogP contribution in [0.3, 0.4) is 0 Å². The van der Waals surface area contributed by atoms with E-state index in [0.717, 1.165) is 32.7 Å². The van der Waals surface area contributed by atoms with E-state index < -0.39 is 9.84 Å². The summed E-state index contributed by atoms with van der Waals surface area (Å²) >= 11 is 0. The van der Waals surface area contributed by atoms with E-state index in [1.807, 2.05) is 0 Å². The molecule has 1 saturated heterocycles. The summed E-state index contributed by atoms with van der Waals surface area (Å²) in [5.41, 5.74) is -0.145. The zero-order valence-corrected chi connectivity index (χ0v) is 16.9. The lowest BCUT2D eigenvalue weighted by molar-refractivity contribution is -0.121. The largest absolute Gasteiger partial charge is 0.354 e. The maximum absolute atomic E-state index is 12.3. The van der Waals surface area contributed by atoms with Crippen LogP contribution in [-0.2, 0) is 14.6 Å². The van der Waals surface area contributed by atoms with Crippen LogP contribution in [-0.4, -0.2) is 74.7 Å². The molecule has 2 rings (SSSR count). The molecule has 0 atom stereocenters. The first-order chi connectivity index (χ1) is 12.2. The van der Waals surface area contributed by atoms with Crippen LogP contribution in [0.1, 0.15) is 27.2 Å². The number of hydrogen-bond donors (Lipinski definition) is 1. The van der Waals surface area contributed by atoms with E-state index in [-0.39, 0.29) is 28.5 Å². The number of rotatable bonds is 8. The highest BCUT2D eigenvalue weighted by molar-refractivity contribution is 7.91. The third-order valence-corrected chi connectivity index (χ3v) is 6.83. The molecule has 6 nitrogen and oxygen atoms in total. The molecule has 1 amide bonds. The van der Waals surface area contributed by atoms with Gasteiger partial charge in [-0.3, -0.25) is 9.69 Å². The average molecular weight is 382 g/mol. The van der Waals surface area contributed by atoms with Crippen molar-refractivity contribution < 1.29 is 13.2 Å². The lowest BCUT2D eigenvalue weighted by atomic mass is 10.0. The van der Waals surface area contributed by atoms with Gasteiger partial charge in [0.25, 0.3) is 0 Å². The van der Waals surface area contributed by atoms with E-state index in [0.29, 0.717) is 6.54 Å². The summed E-state index contributed by atoms with van der Waals surface area (Å²) in [5, 5.41) is 2.91. The molecule has 1 heterocycles. The molecule has 0 saturated carbocycles. The van der Waals surface area contributed by atoms with Crippen LogP contribution in [0.2, 0.25) is 0 Å². The van der Waals surface area contributed by atoms with Crippen molar-refractivity contribution in [2.75, 3.05) is 45.0 Å². The highest BCUT2D eigenvalue weighted by Gasteiger charge is 2.30. The van der Waals surface area contributed by atoms with Crippen molar-refractivity contribution >= 4 is 15.7 Å². The molecule has 146 valence electrons. The summed E-state index contributed by atoms with van der Waals surface area (Å²) < 4.78 is 24.5. The van der Waals surface area contributed by atoms with Gasteiger partial charge in [-0.15, -0.1) is 0 Å². The zero-order valence-electron chi connectivity index (χ0n) is 16.1. The minimum atomic E-state index is -3.42. The Morgan fingerprint density at radius 1 is 1.12 bits per heavy atom. The van der Waals surface area contributed by atoms with Crippen molar-refractivity contribution in [2.45, 2.75) is 37.6 Å². The third-order valence-electron chi connectivity index (χ3n) is 5.09. The van der Waals surface area contributed by atoms with E-state index in [1.54, 1.807) is 30.3 Å². The Bertz CT molecular complexity index is 681. The van der Waals surface area contributed by atoms with Crippen molar-refractivity contribution in [2.24, 2.45) is 0 Å². The first-order valence-electron chi connectivity index (χ1n) is 9.26. The smallest absolute Gasteiger partial charge is 0.221 e. The Labute approximate surface area is 157 Å². The summed E-state index contributed by atoms with van der Waals surface area (Å²) in [7, 11) is -3.42. The molecule has 0 aromatic heterocycles. The normalized spacial score (nSPS) is 17.2. The lowest BCUT2D eigenvalue weighted by Gasteiger charge is -2.44. The second-order valence-corrected chi connectivity index (χ2v) is 9.50. The third kappa shape index (κ3) is 5.79. The molecular weight excluding hydrogens is 350 g/mol. The zero-order chi connectivity index (χ0) is 19.2. The van der Waals surface area contributed by atoms with Gasteiger partial charge in [0.05, 0.1) is 10.6 Å². The maximum atomic E-state index is 12.3.